The van der Waals surface area contributed by atoms with Gasteiger partial charge < -0.3 is 10.6 Å². The smallest absolute Gasteiger partial charge is 0.251 e. The first kappa shape index (κ1) is 22.0. The van der Waals surface area contributed by atoms with E-state index in [2.05, 4.69) is 27.7 Å². The number of nitrogens with zero attached hydrogens (tertiary/aromatic N) is 1. The lowest BCUT2D eigenvalue weighted by Crippen LogP contribution is -2.51. The first-order chi connectivity index (χ1) is 14.5. The first-order valence-corrected chi connectivity index (χ1v) is 10.6. The fraction of sp³-hybridized carbons (Fsp3) is 0.417. The van der Waals surface area contributed by atoms with Crippen molar-refractivity contribution < 1.29 is 14.0 Å². The highest BCUT2D eigenvalue weighted by molar-refractivity contribution is 5.97. The van der Waals surface area contributed by atoms with Gasteiger partial charge in [0.25, 0.3) is 5.91 Å². The van der Waals surface area contributed by atoms with Crippen LogP contribution >= 0.6 is 0 Å². The third-order valence-electron chi connectivity index (χ3n) is 5.58. The van der Waals surface area contributed by atoms with Crippen molar-refractivity contribution in [3.63, 3.8) is 0 Å². The van der Waals surface area contributed by atoms with Crippen LogP contribution in [0.5, 0.6) is 0 Å². The van der Waals surface area contributed by atoms with Crippen molar-refractivity contribution in [2.75, 3.05) is 19.6 Å². The summed E-state index contributed by atoms with van der Waals surface area (Å²) < 4.78 is 13.1. The van der Waals surface area contributed by atoms with Crippen LogP contribution in [-0.2, 0) is 4.79 Å². The first-order valence-electron chi connectivity index (χ1n) is 10.6. The van der Waals surface area contributed by atoms with Gasteiger partial charge in [0.2, 0.25) is 5.91 Å². The zero-order valence-corrected chi connectivity index (χ0v) is 17.6. The molecular weight excluding hydrogens is 381 g/mol. The minimum absolute atomic E-state index is 0.0867. The number of carbonyl (C=O) groups is 2. The minimum Gasteiger partial charge on any atom is -0.352 e. The van der Waals surface area contributed by atoms with E-state index < -0.39 is 11.9 Å². The van der Waals surface area contributed by atoms with Crippen LogP contribution in [0.1, 0.15) is 48.7 Å². The molecule has 1 aliphatic rings. The highest BCUT2D eigenvalue weighted by Crippen LogP contribution is 2.24. The van der Waals surface area contributed by atoms with Crippen LogP contribution in [0.2, 0.25) is 0 Å². The molecule has 0 saturated carbocycles. The molecule has 0 radical (unpaired) electrons. The van der Waals surface area contributed by atoms with Gasteiger partial charge in [-0.15, -0.1) is 0 Å². The molecule has 2 aromatic carbocycles. The molecule has 0 aromatic heterocycles. The standard InChI is InChI=1S/C24H30FN3O2/c1-17(2)22(27-23(29)19-10-12-20(25)13-11-19)24(30)26-16-21(28-14-6-7-15-28)18-8-4-3-5-9-18/h3-5,8-13,17,21-22H,6-7,14-16H2,1-2H3,(H,26,30)(H,27,29)/t21-,22-/m1/s1. The van der Waals surface area contributed by atoms with Crippen molar-refractivity contribution in [2.24, 2.45) is 5.92 Å². The summed E-state index contributed by atoms with van der Waals surface area (Å²) in [4.78, 5) is 27.9. The number of hydrogen-bond donors (Lipinski definition) is 2. The number of amides is 2. The molecule has 2 aromatic rings. The maximum absolute atomic E-state index is 13.1. The molecule has 0 spiro atoms. The summed E-state index contributed by atoms with van der Waals surface area (Å²) in [6, 6.07) is 14.9. The van der Waals surface area contributed by atoms with E-state index in [0.29, 0.717) is 12.1 Å². The molecule has 1 aliphatic heterocycles. The van der Waals surface area contributed by atoms with Crippen LogP contribution in [0.4, 0.5) is 4.39 Å². The molecule has 2 N–H and O–H groups in total. The van der Waals surface area contributed by atoms with Crippen molar-refractivity contribution in [1.29, 1.82) is 0 Å². The number of carbonyl (C=O) groups excluding carboxylic acids is 2. The lowest BCUT2D eigenvalue weighted by molar-refractivity contribution is -0.124. The second-order valence-electron chi connectivity index (χ2n) is 8.12. The Balaban J connectivity index is 1.66. The number of likely N-dealkylation sites (tertiary alicyclic amines) is 1. The molecule has 3 rings (SSSR count). The van der Waals surface area contributed by atoms with E-state index in [1.165, 1.54) is 42.7 Å². The Morgan fingerprint density at radius 2 is 1.63 bits per heavy atom. The number of hydrogen-bond acceptors (Lipinski definition) is 3. The summed E-state index contributed by atoms with van der Waals surface area (Å²) in [6.07, 6.45) is 2.33. The Morgan fingerprint density at radius 3 is 2.23 bits per heavy atom. The van der Waals surface area contributed by atoms with Gasteiger partial charge in [-0.1, -0.05) is 44.2 Å². The predicted octanol–water partition coefficient (Wildman–Crippen LogP) is 3.53. The SMILES string of the molecule is CC(C)[C@@H](NC(=O)c1ccc(F)cc1)C(=O)NC[C@H](c1ccccc1)N1CCCC1. The molecule has 2 amide bonds. The van der Waals surface area contributed by atoms with Gasteiger partial charge in [0.15, 0.2) is 0 Å². The molecule has 1 fully saturated rings. The fourth-order valence-electron chi connectivity index (χ4n) is 3.85. The van der Waals surface area contributed by atoms with Crippen LogP contribution in [0.15, 0.2) is 54.6 Å². The zero-order chi connectivity index (χ0) is 21.5. The van der Waals surface area contributed by atoms with E-state index in [9.17, 15) is 14.0 Å². The quantitative estimate of drug-likeness (QED) is 0.699. The molecule has 2 atom stereocenters. The molecule has 6 heteroatoms. The molecular formula is C24H30FN3O2. The van der Waals surface area contributed by atoms with Gasteiger partial charge in [-0.2, -0.15) is 0 Å². The maximum atomic E-state index is 13.1. The Morgan fingerprint density at radius 1 is 1.00 bits per heavy atom. The fourth-order valence-corrected chi connectivity index (χ4v) is 3.85. The largest absolute Gasteiger partial charge is 0.352 e. The molecule has 1 heterocycles. The summed E-state index contributed by atoms with van der Waals surface area (Å²) in [5, 5.41) is 5.85. The summed E-state index contributed by atoms with van der Waals surface area (Å²) in [5.41, 5.74) is 1.50. The van der Waals surface area contributed by atoms with Crippen molar-refractivity contribution in [3.8, 4) is 0 Å². The van der Waals surface area contributed by atoms with Crippen molar-refractivity contribution in [3.05, 3.63) is 71.5 Å². The highest BCUT2D eigenvalue weighted by atomic mass is 19.1. The van der Waals surface area contributed by atoms with E-state index >= 15 is 0 Å². The van der Waals surface area contributed by atoms with Gasteiger partial charge in [0, 0.05) is 12.1 Å². The van der Waals surface area contributed by atoms with Gasteiger partial charge in [0.05, 0.1) is 6.04 Å². The van der Waals surface area contributed by atoms with Crippen LogP contribution in [0.25, 0.3) is 0 Å². The minimum atomic E-state index is -0.669. The average Bonchev–Trinajstić information content (AvgIpc) is 3.27. The summed E-state index contributed by atoms with van der Waals surface area (Å²) in [6.45, 7) is 6.31. The van der Waals surface area contributed by atoms with Gasteiger partial charge in [0.1, 0.15) is 11.9 Å². The Hall–Kier alpha value is -2.73. The summed E-state index contributed by atoms with van der Waals surface area (Å²) in [5.74, 6) is -1.08. The van der Waals surface area contributed by atoms with Crippen LogP contribution in [-0.4, -0.2) is 42.4 Å². The van der Waals surface area contributed by atoms with E-state index in [4.69, 9.17) is 0 Å². The van der Waals surface area contributed by atoms with Gasteiger partial charge >= 0.3 is 0 Å². The maximum Gasteiger partial charge on any atom is 0.251 e. The highest BCUT2D eigenvalue weighted by Gasteiger charge is 2.28. The van der Waals surface area contributed by atoms with Gasteiger partial charge in [-0.05, 0) is 61.7 Å². The van der Waals surface area contributed by atoms with Crippen LogP contribution in [0, 0.1) is 11.7 Å². The lowest BCUT2D eigenvalue weighted by atomic mass is 10.0. The number of halogens is 1. The van der Waals surface area contributed by atoms with E-state index in [0.717, 1.165) is 13.1 Å². The van der Waals surface area contributed by atoms with Gasteiger partial charge in [-0.25, -0.2) is 4.39 Å². The van der Waals surface area contributed by atoms with Crippen molar-refractivity contribution in [1.82, 2.24) is 15.5 Å². The predicted molar refractivity (Wildman–Crippen MR) is 115 cm³/mol. The topological polar surface area (TPSA) is 61.4 Å². The zero-order valence-electron chi connectivity index (χ0n) is 17.6. The van der Waals surface area contributed by atoms with Crippen LogP contribution < -0.4 is 10.6 Å². The lowest BCUT2D eigenvalue weighted by Gasteiger charge is -2.29. The number of nitrogens with one attached hydrogen (secondary N) is 2. The molecule has 0 unspecified atom stereocenters. The summed E-state index contributed by atoms with van der Waals surface area (Å²) >= 11 is 0. The monoisotopic (exact) mass is 411 g/mol. The molecule has 160 valence electrons. The normalized spacial score (nSPS) is 16.3. The second kappa shape index (κ2) is 10.3. The molecule has 0 aliphatic carbocycles. The summed E-state index contributed by atoms with van der Waals surface area (Å²) in [7, 11) is 0. The van der Waals surface area contributed by atoms with E-state index in [1.807, 2.05) is 32.0 Å². The van der Waals surface area contributed by atoms with Crippen LogP contribution in [0.3, 0.4) is 0 Å². The molecule has 5 nitrogen and oxygen atoms in total. The van der Waals surface area contributed by atoms with Gasteiger partial charge in [-0.3, -0.25) is 14.5 Å². The molecule has 1 saturated heterocycles. The number of rotatable bonds is 8. The van der Waals surface area contributed by atoms with Crippen molar-refractivity contribution in [2.45, 2.75) is 38.8 Å². The third kappa shape index (κ3) is 5.66. The van der Waals surface area contributed by atoms with E-state index in [-0.39, 0.29) is 23.8 Å². The second-order valence-corrected chi connectivity index (χ2v) is 8.12. The van der Waals surface area contributed by atoms with E-state index in [1.54, 1.807) is 0 Å². The Bertz CT molecular complexity index is 833. The average molecular weight is 412 g/mol. The molecule has 0 bridgehead atoms. The third-order valence-corrected chi connectivity index (χ3v) is 5.58. The number of benzene rings is 2. The molecule has 30 heavy (non-hydrogen) atoms. The van der Waals surface area contributed by atoms with Crippen molar-refractivity contribution >= 4 is 11.8 Å². The Labute approximate surface area is 177 Å². The Kier molecular flexibility index (Phi) is 7.57.